The molecule has 228 valence electrons. The van der Waals surface area contributed by atoms with Crippen LogP contribution in [0.2, 0.25) is 0 Å². The van der Waals surface area contributed by atoms with Gasteiger partial charge in [-0.3, -0.25) is 19.3 Å². The fraction of sp³-hybridized carbons (Fsp3) is 0.567. The van der Waals surface area contributed by atoms with Gasteiger partial charge in [0.05, 0.1) is 11.6 Å². The number of nitrogens with zero attached hydrogens (tertiary/aromatic N) is 2. The number of carbonyl (C=O) groups excluding carboxylic acids is 3. The highest BCUT2D eigenvalue weighted by Gasteiger charge is 2.63. The van der Waals surface area contributed by atoms with Crippen LogP contribution in [-0.2, 0) is 22.6 Å². The molecule has 0 spiro atoms. The third-order valence-electron chi connectivity index (χ3n) is 9.47. The zero-order valence-electron chi connectivity index (χ0n) is 24.5. The van der Waals surface area contributed by atoms with Gasteiger partial charge in [0.2, 0.25) is 5.78 Å². The van der Waals surface area contributed by atoms with Crippen molar-refractivity contribution in [2.45, 2.75) is 43.9 Å². The van der Waals surface area contributed by atoms with Gasteiger partial charge in [-0.1, -0.05) is 0 Å². The Kier molecular flexibility index (Phi) is 7.86. The van der Waals surface area contributed by atoms with Crippen molar-refractivity contribution in [1.82, 2.24) is 15.5 Å². The molecule has 1 aliphatic heterocycles. The first kappa shape index (κ1) is 30.0. The molecule has 1 heterocycles. The quantitative estimate of drug-likeness (QED) is 0.218. The van der Waals surface area contributed by atoms with Crippen molar-refractivity contribution < 1.29 is 34.8 Å². The maximum Gasteiger partial charge on any atom is 0.255 e. The Morgan fingerprint density at radius 1 is 1.14 bits per heavy atom. The van der Waals surface area contributed by atoms with Gasteiger partial charge in [-0.2, -0.15) is 0 Å². The van der Waals surface area contributed by atoms with Crippen molar-refractivity contribution in [2.75, 3.05) is 52.7 Å². The molecule has 3 aliphatic carbocycles. The fourth-order valence-electron chi connectivity index (χ4n) is 7.38. The first-order chi connectivity index (χ1) is 19.8. The number of anilines is 1. The van der Waals surface area contributed by atoms with Crippen LogP contribution in [0.4, 0.5) is 5.69 Å². The van der Waals surface area contributed by atoms with Gasteiger partial charge >= 0.3 is 0 Å². The number of primary amides is 1. The highest BCUT2D eigenvalue weighted by molar-refractivity contribution is 6.24. The van der Waals surface area contributed by atoms with Gasteiger partial charge < -0.3 is 41.7 Å². The number of ketones is 2. The van der Waals surface area contributed by atoms with Crippen molar-refractivity contribution in [3.05, 3.63) is 45.4 Å². The molecule has 0 radical (unpaired) electrons. The van der Waals surface area contributed by atoms with E-state index < -0.39 is 58.0 Å². The van der Waals surface area contributed by atoms with Crippen LogP contribution in [-0.4, -0.2) is 102 Å². The normalized spacial score (nSPS) is 28.1. The molecule has 1 saturated heterocycles. The van der Waals surface area contributed by atoms with Crippen LogP contribution in [0.15, 0.2) is 28.7 Å². The van der Waals surface area contributed by atoms with E-state index in [1.165, 1.54) is 4.90 Å². The summed E-state index contributed by atoms with van der Waals surface area (Å²) in [6.07, 6.45) is 2.42. The van der Waals surface area contributed by atoms with E-state index in [1.54, 1.807) is 14.1 Å². The number of aromatic hydroxyl groups is 1. The molecule has 4 aliphatic rings. The molecular weight excluding hydrogens is 542 g/mol. The smallest absolute Gasteiger partial charge is 0.255 e. The van der Waals surface area contributed by atoms with Crippen molar-refractivity contribution in [1.29, 1.82) is 0 Å². The average Bonchev–Trinajstić information content (AvgIpc) is 2.92. The number of hydrogen-bond donors (Lipinski definition) is 7. The number of aliphatic hydroxyl groups is 3. The van der Waals surface area contributed by atoms with Gasteiger partial charge in [0.25, 0.3) is 5.91 Å². The van der Waals surface area contributed by atoms with Gasteiger partial charge in [-0.25, -0.2) is 0 Å². The second-order valence-electron chi connectivity index (χ2n) is 12.4. The minimum absolute atomic E-state index is 0.0284. The Morgan fingerprint density at radius 3 is 2.40 bits per heavy atom. The number of aliphatic hydroxyl groups excluding tert-OH is 2. The minimum atomic E-state index is -2.65. The molecule has 1 aromatic rings. The lowest BCUT2D eigenvalue weighted by molar-refractivity contribution is -0.148. The van der Waals surface area contributed by atoms with Crippen LogP contribution >= 0.6 is 0 Å². The molecule has 12 nitrogen and oxygen atoms in total. The Hall–Kier alpha value is -3.45. The lowest BCUT2D eigenvalue weighted by Crippen LogP contribution is -2.63. The molecule has 1 amide bonds. The second-order valence-corrected chi connectivity index (χ2v) is 12.4. The van der Waals surface area contributed by atoms with Crippen LogP contribution in [0.5, 0.6) is 5.75 Å². The first-order valence-corrected chi connectivity index (χ1v) is 14.4. The molecule has 4 unspecified atom stereocenters. The van der Waals surface area contributed by atoms with Gasteiger partial charge in [0.15, 0.2) is 11.4 Å². The maximum absolute atomic E-state index is 14.1. The number of likely N-dealkylation sites (N-methyl/N-ethyl adjacent to an activating group) is 1. The SMILES string of the molecule is CN(C)c1cc(CNCC2CCNCC2)c(O)c2c1CC1CC3C(N(C)C)C(O)=C(C(N)=O)C(=O)C3(O)C(O)=C1C2=O. The third kappa shape index (κ3) is 4.57. The van der Waals surface area contributed by atoms with Crippen LogP contribution in [0, 0.1) is 17.8 Å². The van der Waals surface area contributed by atoms with Crippen molar-refractivity contribution in [3.63, 3.8) is 0 Å². The summed E-state index contributed by atoms with van der Waals surface area (Å²) in [7, 11) is 6.91. The summed E-state index contributed by atoms with van der Waals surface area (Å²) < 4.78 is 0. The van der Waals surface area contributed by atoms with E-state index in [0.29, 0.717) is 23.6 Å². The average molecular weight is 584 g/mol. The Morgan fingerprint density at radius 2 is 1.81 bits per heavy atom. The lowest BCUT2D eigenvalue weighted by atomic mass is 9.58. The number of phenols is 1. The summed E-state index contributed by atoms with van der Waals surface area (Å²) in [5, 5.41) is 52.4. The molecule has 0 bridgehead atoms. The van der Waals surface area contributed by atoms with Gasteiger partial charge in [-0.05, 0) is 82.9 Å². The van der Waals surface area contributed by atoms with E-state index in [9.17, 15) is 34.8 Å². The number of Topliss-reactive ketones (excluding diaryl/α,β-unsaturated/α-hetero) is 2. The molecule has 0 aromatic heterocycles. The van der Waals surface area contributed by atoms with E-state index in [4.69, 9.17) is 5.73 Å². The lowest BCUT2D eigenvalue weighted by Gasteiger charge is -2.50. The number of hydrogen-bond acceptors (Lipinski definition) is 11. The van der Waals surface area contributed by atoms with Crippen LogP contribution in [0.3, 0.4) is 0 Å². The third-order valence-corrected chi connectivity index (χ3v) is 9.47. The summed E-state index contributed by atoms with van der Waals surface area (Å²) in [6, 6.07) is 0.843. The topological polar surface area (TPSA) is 189 Å². The molecule has 0 saturated carbocycles. The number of fused-ring (bicyclic) bond motifs is 3. The van der Waals surface area contributed by atoms with Crippen molar-refractivity contribution in [2.24, 2.45) is 23.5 Å². The number of rotatable bonds is 7. The Bertz CT molecular complexity index is 1390. The van der Waals surface area contributed by atoms with E-state index in [-0.39, 0.29) is 29.7 Å². The summed E-state index contributed by atoms with van der Waals surface area (Å²) in [4.78, 5) is 43.2. The molecule has 1 fully saturated rings. The maximum atomic E-state index is 14.1. The largest absolute Gasteiger partial charge is 0.510 e. The van der Waals surface area contributed by atoms with Gasteiger partial charge in [0.1, 0.15) is 22.8 Å². The number of amides is 1. The number of carbonyl (C=O) groups is 3. The Balaban J connectivity index is 1.58. The predicted molar refractivity (Wildman–Crippen MR) is 155 cm³/mol. The summed E-state index contributed by atoms with van der Waals surface area (Å²) in [6.45, 7) is 3.03. The highest BCUT2D eigenvalue weighted by Crippen LogP contribution is 2.53. The second kappa shape index (κ2) is 11.0. The van der Waals surface area contributed by atoms with Crippen molar-refractivity contribution >= 4 is 23.2 Å². The minimum Gasteiger partial charge on any atom is -0.510 e. The van der Waals surface area contributed by atoms with E-state index in [2.05, 4.69) is 10.6 Å². The molecule has 12 heteroatoms. The van der Waals surface area contributed by atoms with E-state index in [1.807, 2.05) is 25.1 Å². The molecule has 8 N–H and O–H groups in total. The predicted octanol–water partition coefficient (Wildman–Crippen LogP) is 0.276. The number of nitrogens with one attached hydrogen (secondary N) is 2. The Labute approximate surface area is 244 Å². The van der Waals surface area contributed by atoms with Gasteiger partial charge in [-0.15, -0.1) is 0 Å². The monoisotopic (exact) mass is 583 g/mol. The van der Waals surface area contributed by atoms with Crippen LogP contribution < -0.4 is 21.3 Å². The fourth-order valence-corrected chi connectivity index (χ4v) is 7.38. The summed E-state index contributed by atoms with van der Waals surface area (Å²) in [5.74, 6) is -5.98. The number of piperidine rings is 1. The number of benzene rings is 1. The molecular formula is C30H41N5O7. The molecule has 1 aromatic carbocycles. The van der Waals surface area contributed by atoms with Crippen molar-refractivity contribution in [3.8, 4) is 5.75 Å². The van der Waals surface area contributed by atoms with Crippen LogP contribution in [0.1, 0.15) is 40.7 Å². The van der Waals surface area contributed by atoms with E-state index >= 15 is 0 Å². The number of nitrogens with two attached hydrogens (primary N) is 1. The zero-order chi connectivity index (χ0) is 30.7. The highest BCUT2D eigenvalue weighted by atomic mass is 16.3. The number of allylic oxidation sites excluding steroid dienone is 1. The van der Waals surface area contributed by atoms with Crippen LogP contribution in [0.25, 0.3) is 0 Å². The standard InChI is InChI=1S/C30H41N5O7/c1-34(2)19-11-16(13-33-12-14-5-7-32-8-6-14)24(36)21-17(19)9-15-10-18-23(35(3)4)26(38)22(29(31)41)28(40)30(18,42)27(39)20(15)25(21)37/h11,14-15,18,23,32-33,36,38-39,42H,5-10,12-13H2,1-4H3,(H2,31,41). The molecule has 5 rings (SSSR count). The number of phenolic OH excluding ortho intramolecular Hbond substituents is 1. The first-order valence-electron chi connectivity index (χ1n) is 14.4. The summed E-state index contributed by atoms with van der Waals surface area (Å²) >= 11 is 0. The zero-order valence-corrected chi connectivity index (χ0v) is 24.5. The molecule has 42 heavy (non-hydrogen) atoms. The van der Waals surface area contributed by atoms with Gasteiger partial charge in [0, 0.05) is 43.4 Å². The van der Waals surface area contributed by atoms with E-state index in [0.717, 1.165) is 38.2 Å². The summed E-state index contributed by atoms with van der Waals surface area (Å²) in [5.41, 5.74) is 3.69. The molecule has 4 atom stereocenters.